The normalized spacial score (nSPS) is 18.5. The number of hydrogen-bond acceptors (Lipinski definition) is 5. The maximum Gasteiger partial charge on any atom is 0.256 e. The Hall–Kier alpha value is -3.27. The van der Waals surface area contributed by atoms with Gasteiger partial charge in [-0.3, -0.25) is 4.79 Å². The van der Waals surface area contributed by atoms with Gasteiger partial charge in [-0.25, -0.2) is 17.8 Å². The Balaban J connectivity index is 1.69. The number of aryl methyl sites for hydroxylation is 1. The molecular weight excluding hydrogens is 397 g/mol. The van der Waals surface area contributed by atoms with E-state index in [0.29, 0.717) is 11.4 Å². The van der Waals surface area contributed by atoms with Crippen LogP contribution in [0.1, 0.15) is 17.4 Å². The van der Waals surface area contributed by atoms with Crippen molar-refractivity contribution < 1.29 is 17.6 Å². The molecule has 2 aliphatic rings. The summed E-state index contributed by atoms with van der Waals surface area (Å²) in [5, 5.41) is 2.88. The maximum absolute atomic E-state index is 13.4. The number of allylic oxidation sites excluding steroid dienone is 2. The molecular formula is C19H18FN5O3S. The number of aromatic nitrogens is 2. The Bertz CT molecular complexity index is 1150. The van der Waals surface area contributed by atoms with Crippen LogP contribution in [0.15, 0.2) is 65.0 Å². The molecule has 0 fully saturated rings. The molecule has 3 heterocycles. The molecule has 0 saturated heterocycles. The van der Waals surface area contributed by atoms with Gasteiger partial charge in [-0.15, -0.1) is 4.40 Å². The Morgan fingerprint density at radius 2 is 2.03 bits per heavy atom. The molecule has 10 heteroatoms. The lowest BCUT2D eigenvalue weighted by Gasteiger charge is -2.29. The standard InChI is InChI=1S/C19H18FN5O3S/c1-24-10-8-21-18(24)16(13-4-6-14(20)7-5-13)22-19(26)15-3-2-9-25-11-12-29(27,28)23-17(15)25/h2-10,16H,11-12H2,1H3,(H,22,26). The summed E-state index contributed by atoms with van der Waals surface area (Å²) in [4.78, 5) is 19.0. The average molecular weight is 415 g/mol. The molecule has 1 atom stereocenters. The van der Waals surface area contributed by atoms with Crippen LogP contribution in [0, 0.1) is 5.82 Å². The van der Waals surface area contributed by atoms with Crippen molar-refractivity contribution in [1.82, 2.24) is 19.8 Å². The van der Waals surface area contributed by atoms with E-state index in [0.717, 1.165) is 0 Å². The first-order valence-electron chi connectivity index (χ1n) is 8.86. The zero-order valence-electron chi connectivity index (χ0n) is 15.5. The minimum Gasteiger partial charge on any atom is -0.338 e. The van der Waals surface area contributed by atoms with Crippen LogP contribution in [0.25, 0.3) is 0 Å². The third-order valence-electron chi connectivity index (χ3n) is 4.70. The van der Waals surface area contributed by atoms with Crippen molar-refractivity contribution >= 4 is 21.8 Å². The van der Waals surface area contributed by atoms with Gasteiger partial charge in [0.2, 0.25) is 0 Å². The third-order valence-corrected chi connectivity index (χ3v) is 5.85. The molecule has 8 nitrogen and oxygen atoms in total. The number of imidazole rings is 1. The van der Waals surface area contributed by atoms with E-state index in [1.54, 1.807) is 53.3 Å². The number of amides is 1. The molecule has 0 spiro atoms. The number of carbonyl (C=O) groups is 1. The number of nitrogens with one attached hydrogen (secondary N) is 1. The largest absolute Gasteiger partial charge is 0.338 e. The van der Waals surface area contributed by atoms with Crippen LogP contribution in [0.4, 0.5) is 4.39 Å². The zero-order chi connectivity index (χ0) is 20.6. The number of benzene rings is 1. The highest BCUT2D eigenvalue weighted by atomic mass is 32.2. The van der Waals surface area contributed by atoms with Crippen LogP contribution in [0.2, 0.25) is 0 Å². The number of nitrogens with zero attached hydrogens (tertiary/aromatic N) is 4. The third kappa shape index (κ3) is 3.83. The van der Waals surface area contributed by atoms with Gasteiger partial charge in [0.1, 0.15) is 17.7 Å². The first-order valence-corrected chi connectivity index (χ1v) is 10.5. The first-order chi connectivity index (χ1) is 13.8. The highest BCUT2D eigenvalue weighted by Crippen LogP contribution is 2.23. The van der Waals surface area contributed by atoms with Gasteiger partial charge in [0.25, 0.3) is 15.9 Å². The summed E-state index contributed by atoms with van der Waals surface area (Å²) in [6.45, 7) is 0.225. The fraction of sp³-hybridized carbons (Fsp3) is 0.211. The average Bonchev–Trinajstić information content (AvgIpc) is 3.11. The Kier molecular flexibility index (Phi) is 4.79. The number of sulfonamides is 1. The topological polar surface area (TPSA) is 96.7 Å². The van der Waals surface area contributed by atoms with E-state index < -0.39 is 27.8 Å². The van der Waals surface area contributed by atoms with Gasteiger partial charge in [-0.05, 0) is 29.8 Å². The Morgan fingerprint density at radius 1 is 1.28 bits per heavy atom. The number of halogens is 1. The van der Waals surface area contributed by atoms with E-state index in [-0.39, 0.29) is 23.7 Å². The van der Waals surface area contributed by atoms with Crippen LogP contribution in [0.3, 0.4) is 0 Å². The molecule has 1 aromatic heterocycles. The van der Waals surface area contributed by atoms with Crippen LogP contribution in [-0.4, -0.2) is 46.9 Å². The second kappa shape index (κ2) is 7.28. The maximum atomic E-state index is 13.4. The van der Waals surface area contributed by atoms with Gasteiger partial charge >= 0.3 is 0 Å². The quantitative estimate of drug-likeness (QED) is 0.811. The van der Waals surface area contributed by atoms with E-state index in [4.69, 9.17) is 0 Å². The lowest BCUT2D eigenvalue weighted by Crippen LogP contribution is -2.43. The summed E-state index contributed by atoms with van der Waals surface area (Å²) in [5.41, 5.74) is 0.771. The minimum atomic E-state index is -3.62. The molecule has 2 aliphatic heterocycles. The van der Waals surface area contributed by atoms with E-state index in [1.807, 2.05) is 0 Å². The van der Waals surface area contributed by atoms with Gasteiger partial charge < -0.3 is 14.8 Å². The minimum absolute atomic E-state index is 0.0916. The monoisotopic (exact) mass is 415 g/mol. The van der Waals surface area contributed by atoms with Crippen molar-refractivity contribution in [2.75, 3.05) is 12.3 Å². The number of hydrogen-bond donors (Lipinski definition) is 1. The molecule has 29 heavy (non-hydrogen) atoms. The lowest BCUT2D eigenvalue weighted by atomic mass is 10.0. The summed E-state index contributed by atoms with van der Waals surface area (Å²) < 4.78 is 42.8. The van der Waals surface area contributed by atoms with Crippen LogP contribution >= 0.6 is 0 Å². The smallest absolute Gasteiger partial charge is 0.256 e. The van der Waals surface area contributed by atoms with Gasteiger partial charge in [0.15, 0.2) is 5.84 Å². The fourth-order valence-electron chi connectivity index (χ4n) is 3.21. The van der Waals surface area contributed by atoms with Crippen molar-refractivity contribution in [3.63, 3.8) is 0 Å². The molecule has 1 amide bonds. The molecule has 2 aromatic rings. The predicted octanol–water partition coefficient (Wildman–Crippen LogP) is 1.26. The van der Waals surface area contributed by atoms with E-state index in [1.165, 1.54) is 18.2 Å². The van der Waals surface area contributed by atoms with Crippen molar-refractivity contribution in [2.45, 2.75) is 6.04 Å². The second-order valence-corrected chi connectivity index (χ2v) is 8.43. The highest BCUT2D eigenvalue weighted by molar-refractivity contribution is 7.90. The number of amidine groups is 1. The molecule has 1 unspecified atom stereocenters. The lowest BCUT2D eigenvalue weighted by molar-refractivity contribution is -0.117. The van der Waals surface area contributed by atoms with Gasteiger partial charge in [0.05, 0.1) is 11.3 Å². The molecule has 150 valence electrons. The molecule has 0 radical (unpaired) electrons. The number of rotatable bonds is 4. The van der Waals surface area contributed by atoms with Crippen molar-refractivity contribution in [3.8, 4) is 0 Å². The zero-order valence-corrected chi connectivity index (χ0v) is 16.3. The molecule has 1 N–H and O–H groups in total. The summed E-state index contributed by atoms with van der Waals surface area (Å²) in [6.07, 6.45) is 8.20. The molecule has 0 aliphatic carbocycles. The van der Waals surface area contributed by atoms with Gasteiger partial charge in [0, 0.05) is 32.2 Å². The predicted molar refractivity (Wildman–Crippen MR) is 105 cm³/mol. The molecule has 0 saturated carbocycles. The van der Waals surface area contributed by atoms with Crippen LogP contribution in [0.5, 0.6) is 0 Å². The summed E-state index contributed by atoms with van der Waals surface area (Å²) in [6, 6.07) is 5.08. The van der Waals surface area contributed by atoms with Crippen molar-refractivity contribution in [1.29, 1.82) is 0 Å². The van der Waals surface area contributed by atoms with E-state index in [2.05, 4.69) is 14.7 Å². The second-order valence-electron chi connectivity index (χ2n) is 6.67. The number of carbonyl (C=O) groups excluding carboxylic acids is 1. The fourth-order valence-corrected chi connectivity index (χ4v) is 4.20. The Morgan fingerprint density at radius 3 is 2.72 bits per heavy atom. The summed E-state index contributed by atoms with van der Waals surface area (Å²) in [5.74, 6) is -0.369. The molecule has 0 bridgehead atoms. The molecule has 4 rings (SSSR count). The van der Waals surface area contributed by atoms with E-state index in [9.17, 15) is 17.6 Å². The van der Waals surface area contributed by atoms with Gasteiger partial charge in [-0.2, -0.15) is 0 Å². The Labute approximate surface area is 167 Å². The summed E-state index contributed by atoms with van der Waals surface area (Å²) in [7, 11) is -1.84. The first kappa shape index (κ1) is 19.1. The molecule has 1 aromatic carbocycles. The van der Waals surface area contributed by atoms with Crippen LogP contribution < -0.4 is 5.32 Å². The van der Waals surface area contributed by atoms with Gasteiger partial charge in [-0.1, -0.05) is 12.1 Å². The SMILES string of the molecule is Cn1ccnc1C(NC(=O)C1=CC=CN2CCS(=O)(=O)N=C12)c1ccc(F)cc1. The highest BCUT2D eigenvalue weighted by Gasteiger charge is 2.31. The van der Waals surface area contributed by atoms with E-state index >= 15 is 0 Å². The number of fused-ring (bicyclic) bond motifs is 1. The van der Waals surface area contributed by atoms with Crippen LogP contribution in [-0.2, 0) is 21.9 Å². The van der Waals surface area contributed by atoms with Crippen molar-refractivity contribution in [3.05, 3.63) is 77.8 Å². The summed E-state index contributed by atoms with van der Waals surface area (Å²) >= 11 is 0. The van der Waals surface area contributed by atoms with Crippen molar-refractivity contribution in [2.24, 2.45) is 11.4 Å².